The number of hydrogen-bond donors (Lipinski definition) is 1. The highest BCUT2D eigenvalue weighted by Gasteiger charge is 2.27. The van der Waals surface area contributed by atoms with E-state index < -0.39 is 0 Å². The Bertz CT molecular complexity index is 1000. The summed E-state index contributed by atoms with van der Waals surface area (Å²) in [5, 5.41) is 7.73. The zero-order valence-electron chi connectivity index (χ0n) is 16.5. The van der Waals surface area contributed by atoms with E-state index >= 15 is 0 Å². The lowest BCUT2D eigenvalue weighted by molar-refractivity contribution is 0.0896. The van der Waals surface area contributed by atoms with E-state index in [1.165, 1.54) is 16.8 Å². The van der Waals surface area contributed by atoms with Crippen LogP contribution in [-0.2, 0) is 17.8 Å². The number of nitrogens with zero attached hydrogens (tertiary/aromatic N) is 2. The predicted octanol–water partition coefficient (Wildman–Crippen LogP) is 4.04. The highest BCUT2D eigenvalue weighted by molar-refractivity contribution is 5.91. The first-order chi connectivity index (χ1) is 13.6. The van der Waals surface area contributed by atoms with E-state index in [0.717, 1.165) is 30.5 Å². The summed E-state index contributed by atoms with van der Waals surface area (Å²) in [5.74, 6) is 0.736. The Morgan fingerprint density at radius 1 is 1.29 bits per heavy atom. The van der Waals surface area contributed by atoms with E-state index in [1.807, 2.05) is 10.9 Å². The van der Waals surface area contributed by atoms with Gasteiger partial charge in [-0.2, -0.15) is 5.10 Å². The largest absolute Gasteiger partial charge is 0.453 e. The Morgan fingerprint density at radius 3 is 2.93 bits per heavy atom. The van der Waals surface area contributed by atoms with Crippen LogP contribution in [-0.4, -0.2) is 22.8 Å². The summed E-state index contributed by atoms with van der Waals surface area (Å²) in [6.07, 6.45) is 4.73. The Kier molecular flexibility index (Phi) is 5.05. The molecule has 1 atom stereocenters. The second kappa shape index (κ2) is 7.64. The van der Waals surface area contributed by atoms with Gasteiger partial charge in [-0.1, -0.05) is 6.07 Å². The van der Waals surface area contributed by atoms with Crippen molar-refractivity contribution in [3.63, 3.8) is 0 Å². The van der Waals surface area contributed by atoms with Gasteiger partial charge in [-0.3, -0.25) is 4.79 Å². The van der Waals surface area contributed by atoms with E-state index in [1.54, 1.807) is 19.2 Å². The molecule has 0 radical (unpaired) electrons. The molecule has 0 spiro atoms. The van der Waals surface area contributed by atoms with Crippen molar-refractivity contribution in [3.8, 4) is 5.69 Å². The molecule has 0 saturated heterocycles. The van der Waals surface area contributed by atoms with E-state index in [4.69, 9.17) is 9.15 Å². The molecule has 0 unspecified atom stereocenters. The number of rotatable bonds is 5. The van der Waals surface area contributed by atoms with Crippen LogP contribution in [0, 0.1) is 13.8 Å². The van der Waals surface area contributed by atoms with Gasteiger partial charge < -0.3 is 14.5 Å². The molecule has 0 saturated carbocycles. The van der Waals surface area contributed by atoms with Crippen LogP contribution < -0.4 is 5.32 Å². The second-order valence-electron chi connectivity index (χ2n) is 7.34. The Balaban J connectivity index is 1.56. The zero-order valence-corrected chi connectivity index (χ0v) is 16.5. The molecule has 1 aliphatic rings. The maximum absolute atomic E-state index is 12.6. The summed E-state index contributed by atoms with van der Waals surface area (Å²) < 4.78 is 12.6. The van der Waals surface area contributed by atoms with Crippen LogP contribution in [0.5, 0.6) is 0 Å². The minimum Gasteiger partial charge on any atom is -0.453 e. The number of carbonyl (C=O) groups is 1. The van der Waals surface area contributed by atoms with Crippen LogP contribution in [0.15, 0.2) is 40.9 Å². The van der Waals surface area contributed by atoms with Gasteiger partial charge in [0.15, 0.2) is 5.76 Å². The molecule has 0 fully saturated rings. The van der Waals surface area contributed by atoms with E-state index in [-0.39, 0.29) is 11.9 Å². The molecule has 0 bridgehead atoms. The molecule has 1 aliphatic carbocycles. The summed E-state index contributed by atoms with van der Waals surface area (Å²) in [7, 11) is 1.60. The van der Waals surface area contributed by atoms with Gasteiger partial charge in [0, 0.05) is 18.4 Å². The van der Waals surface area contributed by atoms with Gasteiger partial charge in [-0.05, 0) is 68.5 Å². The Morgan fingerprint density at radius 2 is 2.14 bits per heavy atom. The van der Waals surface area contributed by atoms with Gasteiger partial charge in [-0.25, -0.2) is 4.68 Å². The minimum atomic E-state index is -0.209. The quantitative estimate of drug-likeness (QED) is 0.726. The third-order valence-corrected chi connectivity index (χ3v) is 5.40. The first kappa shape index (κ1) is 18.5. The van der Waals surface area contributed by atoms with Gasteiger partial charge in [0.2, 0.25) is 0 Å². The molecule has 1 aromatic carbocycles. The molecule has 3 aromatic rings. The number of nitrogens with one attached hydrogen (secondary N) is 1. The fourth-order valence-corrected chi connectivity index (χ4v) is 3.74. The maximum Gasteiger partial charge on any atom is 0.287 e. The summed E-state index contributed by atoms with van der Waals surface area (Å²) in [4.78, 5) is 12.6. The van der Waals surface area contributed by atoms with Crippen LogP contribution in [0.1, 0.15) is 57.6 Å². The standard InChI is InChI=1S/C22H25N3O3/c1-14-7-8-16(11-15(14)2)25-20-6-4-5-19(18(20)12-23-25)24-22(26)21-10-9-17(28-21)13-27-3/h7-12,19H,4-6,13H2,1-3H3,(H,24,26)/t19-/m1/s1. The second-order valence-corrected chi connectivity index (χ2v) is 7.34. The fraction of sp³-hybridized carbons (Fsp3) is 0.364. The Labute approximate surface area is 164 Å². The van der Waals surface area contributed by atoms with Crippen LogP contribution >= 0.6 is 0 Å². The number of fused-ring (bicyclic) bond motifs is 1. The molecule has 0 aliphatic heterocycles. The number of amides is 1. The van der Waals surface area contributed by atoms with Crippen LogP contribution in [0.4, 0.5) is 0 Å². The molecule has 1 amide bonds. The normalized spacial score (nSPS) is 16.0. The Hall–Kier alpha value is -2.86. The van der Waals surface area contributed by atoms with Gasteiger partial charge in [0.1, 0.15) is 12.4 Å². The molecule has 28 heavy (non-hydrogen) atoms. The molecular weight excluding hydrogens is 354 g/mol. The van der Waals surface area contributed by atoms with E-state index in [9.17, 15) is 4.79 Å². The van der Waals surface area contributed by atoms with Crippen molar-refractivity contribution < 1.29 is 13.9 Å². The fourth-order valence-electron chi connectivity index (χ4n) is 3.74. The summed E-state index contributed by atoms with van der Waals surface area (Å²) in [6.45, 7) is 4.57. The number of aryl methyl sites for hydroxylation is 2. The number of aromatic nitrogens is 2. The van der Waals surface area contributed by atoms with Crippen LogP contribution in [0.25, 0.3) is 5.69 Å². The van der Waals surface area contributed by atoms with Gasteiger partial charge in [0.05, 0.1) is 17.9 Å². The van der Waals surface area contributed by atoms with E-state index in [2.05, 4.69) is 42.5 Å². The third-order valence-electron chi connectivity index (χ3n) is 5.40. The lowest BCUT2D eigenvalue weighted by Crippen LogP contribution is -2.30. The molecule has 6 heteroatoms. The van der Waals surface area contributed by atoms with Crippen molar-refractivity contribution in [1.29, 1.82) is 0 Å². The first-order valence-electron chi connectivity index (χ1n) is 9.59. The van der Waals surface area contributed by atoms with Crippen LogP contribution in [0.2, 0.25) is 0 Å². The topological polar surface area (TPSA) is 69.3 Å². The third kappa shape index (κ3) is 3.47. The lowest BCUT2D eigenvalue weighted by atomic mass is 9.92. The highest BCUT2D eigenvalue weighted by atomic mass is 16.5. The predicted molar refractivity (Wildman–Crippen MR) is 106 cm³/mol. The smallest absolute Gasteiger partial charge is 0.287 e. The zero-order chi connectivity index (χ0) is 19.7. The maximum atomic E-state index is 12.6. The molecular formula is C22H25N3O3. The number of carbonyl (C=O) groups excluding carboxylic acids is 1. The summed E-state index contributed by atoms with van der Waals surface area (Å²) >= 11 is 0. The van der Waals surface area contributed by atoms with Crippen molar-refractivity contribution >= 4 is 5.91 Å². The molecule has 1 N–H and O–H groups in total. The number of ether oxygens (including phenoxy) is 1. The summed E-state index contributed by atoms with van der Waals surface area (Å²) in [6, 6.07) is 9.76. The van der Waals surface area contributed by atoms with Crippen molar-refractivity contribution in [3.05, 3.63) is 70.4 Å². The van der Waals surface area contributed by atoms with Crippen LogP contribution in [0.3, 0.4) is 0 Å². The van der Waals surface area contributed by atoms with Crippen molar-refractivity contribution in [1.82, 2.24) is 15.1 Å². The van der Waals surface area contributed by atoms with Gasteiger partial charge in [0.25, 0.3) is 5.91 Å². The average molecular weight is 379 g/mol. The SMILES string of the molecule is COCc1ccc(C(=O)N[C@@H]2CCCc3c2cnn3-c2ccc(C)c(C)c2)o1. The monoisotopic (exact) mass is 379 g/mol. The molecule has 6 nitrogen and oxygen atoms in total. The highest BCUT2D eigenvalue weighted by Crippen LogP contribution is 2.31. The van der Waals surface area contributed by atoms with E-state index in [0.29, 0.717) is 18.1 Å². The minimum absolute atomic E-state index is 0.0625. The van der Waals surface area contributed by atoms with Crippen molar-refractivity contribution in [2.24, 2.45) is 0 Å². The van der Waals surface area contributed by atoms with Gasteiger partial charge in [-0.15, -0.1) is 0 Å². The van der Waals surface area contributed by atoms with Crippen molar-refractivity contribution in [2.75, 3.05) is 7.11 Å². The summed E-state index contributed by atoms with van der Waals surface area (Å²) in [5.41, 5.74) is 5.82. The molecule has 2 heterocycles. The molecule has 146 valence electrons. The number of furan rings is 1. The first-order valence-corrected chi connectivity index (χ1v) is 9.59. The van der Waals surface area contributed by atoms with Gasteiger partial charge >= 0.3 is 0 Å². The number of hydrogen-bond acceptors (Lipinski definition) is 4. The lowest BCUT2D eigenvalue weighted by Gasteiger charge is -2.24. The number of benzene rings is 1. The average Bonchev–Trinajstić information content (AvgIpc) is 3.32. The van der Waals surface area contributed by atoms with Crippen molar-refractivity contribution in [2.45, 2.75) is 45.8 Å². The number of methoxy groups -OCH3 is 1. The molecule has 4 rings (SSSR count). The molecule has 2 aromatic heterocycles.